The van der Waals surface area contributed by atoms with Crippen LogP contribution in [0.2, 0.25) is 0 Å². The number of thiol groups is 1. The molecule has 0 aliphatic heterocycles. The SMILES string of the molecule is SSn1ccnn1. The van der Waals surface area contributed by atoms with Crippen LogP contribution in [0.15, 0.2) is 12.4 Å². The molecule has 3 nitrogen and oxygen atoms in total. The zero-order valence-electron chi connectivity index (χ0n) is 3.35. The van der Waals surface area contributed by atoms with Crippen LogP contribution in [0.4, 0.5) is 0 Å². The normalized spacial score (nSPS) is 9.29. The Kier molecular flexibility index (Phi) is 1.59. The van der Waals surface area contributed by atoms with E-state index >= 15 is 0 Å². The van der Waals surface area contributed by atoms with Crippen molar-refractivity contribution in [1.82, 2.24) is 14.4 Å². The Balaban J connectivity index is 2.76. The van der Waals surface area contributed by atoms with E-state index in [1.165, 1.54) is 11.0 Å². The zero-order valence-corrected chi connectivity index (χ0v) is 5.06. The standard InChI is InChI=1S/C2H3N3S2/c6-7-5-2-1-3-4-5/h1-2,6H. The first-order valence-electron chi connectivity index (χ1n) is 1.61. The van der Waals surface area contributed by atoms with Crippen molar-refractivity contribution >= 4 is 22.6 Å². The lowest BCUT2D eigenvalue weighted by Crippen LogP contribution is -1.80. The van der Waals surface area contributed by atoms with Gasteiger partial charge in [-0.15, -0.1) is 5.10 Å². The Labute approximate surface area is 50.0 Å². The smallest absolute Gasteiger partial charge is 0.0704 e. The Hall–Kier alpha value is -0.160. The molecule has 1 aromatic heterocycles. The summed E-state index contributed by atoms with van der Waals surface area (Å²) in [5, 5.41) is 7.12. The van der Waals surface area contributed by atoms with Crippen molar-refractivity contribution in [3.8, 4) is 0 Å². The number of nitrogens with zero attached hydrogens (tertiary/aromatic N) is 3. The highest BCUT2D eigenvalue weighted by Gasteiger charge is 1.81. The van der Waals surface area contributed by atoms with Gasteiger partial charge in [-0.1, -0.05) is 16.9 Å². The molecule has 7 heavy (non-hydrogen) atoms. The first-order chi connectivity index (χ1) is 3.43. The van der Waals surface area contributed by atoms with Gasteiger partial charge in [-0.05, 0) is 0 Å². The second-order valence-corrected chi connectivity index (χ2v) is 1.91. The minimum Gasteiger partial charge on any atom is -0.183 e. The maximum atomic E-state index is 3.85. The summed E-state index contributed by atoms with van der Waals surface area (Å²) in [4.78, 5) is 0. The number of hydrogen-bond donors (Lipinski definition) is 1. The summed E-state index contributed by atoms with van der Waals surface area (Å²) in [5.74, 6) is 0. The fourth-order valence-corrected chi connectivity index (χ4v) is 0.686. The third-order valence-corrected chi connectivity index (χ3v) is 1.35. The van der Waals surface area contributed by atoms with Crippen LogP contribution in [-0.2, 0) is 0 Å². The predicted octanol–water partition coefficient (Wildman–Crippen LogP) is 0.619. The van der Waals surface area contributed by atoms with Crippen molar-refractivity contribution in [2.75, 3.05) is 0 Å². The van der Waals surface area contributed by atoms with E-state index in [1.54, 1.807) is 16.5 Å². The van der Waals surface area contributed by atoms with Crippen LogP contribution < -0.4 is 0 Å². The van der Waals surface area contributed by atoms with Gasteiger partial charge in [0.1, 0.15) is 0 Å². The van der Waals surface area contributed by atoms with E-state index in [9.17, 15) is 0 Å². The molecule has 0 fully saturated rings. The molecule has 0 spiro atoms. The molecular weight excluding hydrogens is 130 g/mol. The first kappa shape index (κ1) is 4.99. The summed E-state index contributed by atoms with van der Waals surface area (Å²) >= 11 is 3.85. The number of hydrogen-bond acceptors (Lipinski definition) is 4. The highest BCUT2D eigenvalue weighted by atomic mass is 33.1. The zero-order chi connectivity index (χ0) is 5.11. The molecule has 0 bridgehead atoms. The molecule has 5 heteroatoms. The molecule has 0 unspecified atom stereocenters. The van der Waals surface area contributed by atoms with Gasteiger partial charge in [-0.3, -0.25) is 0 Å². The topological polar surface area (TPSA) is 30.7 Å². The van der Waals surface area contributed by atoms with Gasteiger partial charge in [0.05, 0.1) is 12.4 Å². The molecule has 1 rings (SSSR count). The lowest BCUT2D eigenvalue weighted by molar-refractivity contribution is 0.895. The number of rotatable bonds is 1. The Morgan fingerprint density at radius 3 is 2.86 bits per heavy atom. The molecule has 1 aromatic rings. The molecule has 0 radical (unpaired) electrons. The predicted molar refractivity (Wildman–Crippen MR) is 32.0 cm³/mol. The fraction of sp³-hybridized carbons (Fsp3) is 0. The van der Waals surface area contributed by atoms with Gasteiger partial charge in [0, 0.05) is 11.0 Å². The van der Waals surface area contributed by atoms with Crippen molar-refractivity contribution < 1.29 is 0 Å². The van der Waals surface area contributed by atoms with Gasteiger partial charge in [0.25, 0.3) is 0 Å². The van der Waals surface area contributed by atoms with Gasteiger partial charge in [0.15, 0.2) is 0 Å². The largest absolute Gasteiger partial charge is 0.183 e. The van der Waals surface area contributed by atoms with Crippen molar-refractivity contribution in [1.29, 1.82) is 0 Å². The van der Waals surface area contributed by atoms with Gasteiger partial charge in [0.2, 0.25) is 0 Å². The van der Waals surface area contributed by atoms with Crippen molar-refractivity contribution in [2.24, 2.45) is 0 Å². The Morgan fingerprint density at radius 2 is 2.57 bits per heavy atom. The monoisotopic (exact) mass is 133 g/mol. The summed E-state index contributed by atoms with van der Waals surface area (Å²) in [7, 11) is 1.21. The molecule has 1 heterocycles. The van der Waals surface area contributed by atoms with Crippen molar-refractivity contribution in [2.45, 2.75) is 0 Å². The highest BCUT2D eigenvalue weighted by Crippen LogP contribution is 2.04. The van der Waals surface area contributed by atoms with Crippen LogP contribution in [0.1, 0.15) is 0 Å². The van der Waals surface area contributed by atoms with Crippen molar-refractivity contribution in [3.05, 3.63) is 12.4 Å². The average Bonchev–Trinajstić information content (AvgIpc) is 2.14. The van der Waals surface area contributed by atoms with Crippen LogP contribution in [0, 0.1) is 0 Å². The number of aromatic nitrogens is 3. The summed E-state index contributed by atoms with van der Waals surface area (Å²) in [6.45, 7) is 0. The molecular formula is C2H3N3S2. The van der Waals surface area contributed by atoms with E-state index < -0.39 is 0 Å². The van der Waals surface area contributed by atoms with E-state index in [2.05, 4.69) is 22.0 Å². The molecule has 38 valence electrons. The summed E-state index contributed by atoms with van der Waals surface area (Å²) < 4.78 is 1.54. The molecule has 0 aromatic carbocycles. The van der Waals surface area contributed by atoms with E-state index in [-0.39, 0.29) is 0 Å². The molecule has 0 saturated heterocycles. The Morgan fingerprint density at radius 1 is 1.71 bits per heavy atom. The second kappa shape index (κ2) is 2.23. The molecule has 0 aliphatic carbocycles. The van der Waals surface area contributed by atoms with E-state index in [4.69, 9.17) is 0 Å². The van der Waals surface area contributed by atoms with Gasteiger partial charge in [-0.2, -0.15) is 4.09 Å². The van der Waals surface area contributed by atoms with Crippen LogP contribution in [0.3, 0.4) is 0 Å². The molecule has 0 amide bonds. The van der Waals surface area contributed by atoms with E-state index in [1.807, 2.05) is 0 Å². The summed E-state index contributed by atoms with van der Waals surface area (Å²) in [6.07, 6.45) is 3.32. The fourth-order valence-electron chi connectivity index (χ4n) is 0.241. The van der Waals surface area contributed by atoms with Crippen LogP contribution in [-0.4, -0.2) is 14.4 Å². The van der Waals surface area contributed by atoms with Gasteiger partial charge in [-0.25, -0.2) is 0 Å². The maximum absolute atomic E-state index is 3.85. The van der Waals surface area contributed by atoms with Crippen molar-refractivity contribution in [3.63, 3.8) is 0 Å². The Bertz CT molecular complexity index is 125. The van der Waals surface area contributed by atoms with E-state index in [0.29, 0.717) is 0 Å². The quantitative estimate of drug-likeness (QED) is 0.450. The summed E-state index contributed by atoms with van der Waals surface area (Å²) in [6, 6.07) is 0. The van der Waals surface area contributed by atoms with Gasteiger partial charge >= 0.3 is 0 Å². The van der Waals surface area contributed by atoms with Crippen LogP contribution in [0.5, 0.6) is 0 Å². The minimum atomic E-state index is 1.21. The molecule has 0 saturated carbocycles. The molecule has 0 atom stereocenters. The molecule has 0 N–H and O–H groups in total. The average molecular weight is 133 g/mol. The lowest BCUT2D eigenvalue weighted by Gasteiger charge is -1.82. The van der Waals surface area contributed by atoms with Gasteiger partial charge < -0.3 is 0 Å². The highest BCUT2D eigenvalue weighted by molar-refractivity contribution is 8.67. The summed E-state index contributed by atoms with van der Waals surface area (Å²) in [5.41, 5.74) is 0. The van der Waals surface area contributed by atoms with Crippen LogP contribution >= 0.6 is 22.6 Å². The lowest BCUT2D eigenvalue weighted by atomic mass is 11.0. The maximum Gasteiger partial charge on any atom is 0.0704 e. The third-order valence-electron chi connectivity index (χ3n) is 0.484. The second-order valence-electron chi connectivity index (χ2n) is 0.887. The first-order valence-corrected chi connectivity index (χ1v) is 3.44. The van der Waals surface area contributed by atoms with E-state index in [0.717, 1.165) is 0 Å². The minimum absolute atomic E-state index is 1.21. The van der Waals surface area contributed by atoms with Crippen LogP contribution in [0.25, 0.3) is 0 Å². The molecule has 0 aliphatic rings. The third kappa shape index (κ3) is 1.10.